The van der Waals surface area contributed by atoms with Crippen LogP contribution in [-0.2, 0) is 0 Å². The van der Waals surface area contributed by atoms with Crippen LogP contribution in [0, 0.1) is 0 Å². The number of hydrogen-bond acceptors (Lipinski definition) is 5. The number of carbonyl (C=O) groups excluding carboxylic acids is 1. The molecule has 1 aliphatic rings. The molecule has 1 N–H and O–H groups in total. The van der Waals surface area contributed by atoms with Gasteiger partial charge in [-0.2, -0.15) is 5.10 Å². The number of piperidine rings is 1. The van der Waals surface area contributed by atoms with Crippen molar-refractivity contribution in [1.29, 1.82) is 0 Å². The number of nitrogens with one attached hydrogen (secondary N) is 1. The maximum atomic E-state index is 12.7. The van der Waals surface area contributed by atoms with Crippen LogP contribution in [0.2, 0.25) is 0 Å². The zero-order valence-corrected chi connectivity index (χ0v) is 14.0. The first-order chi connectivity index (χ1) is 11.8. The van der Waals surface area contributed by atoms with Crippen LogP contribution in [0.4, 0.5) is 5.82 Å². The average molecular weight is 338 g/mol. The number of aromatic nitrogens is 2. The minimum absolute atomic E-state index is 0.147. The molecule has 0 atom stereocenters. The van der Waals surface area contributed by atoms with E-state index >= 15 is 0 Å². The monoisotopic (exact) mass is 338 g/mol. The van der Waals surface area contributed by atoms with Crippen molar-refractivity contribution >= 4 is 33.1 Å². The number of benzene rings is 1. The quantitative estimate of drug-likeness (QED) is 0.795. The summed E-state index contributed by atoms with van der Waals surface area (Å²) in [7, 11) is 0. The average Bonchev–Trinajstić information content (AvgIpc) is 3.07. The number of thiophene rings is 1. The van der Waals surface area contributed by atoms with Crippen molar-refractivity contribution in [2.45, 2.75) is 18.9 Å². The van der Waals surface area contributed by atoms with Crippen LogP contribution >= 0.6 is 11.3 Å². The third-order valence-corrected chi connectivity index (χ3v) is 5.45. The van der Waals surface area contributed by atoms with Crippen LogP contribution in [0.25, 0.3) is 10.1 Å². The smallest absolute Gasteiger partial charge is 0.263 e. The normalized spacial score (nSPS) is 15.6. The van der Waals surface area contributed by atoms with E-state index in [2.05, 4.69) is 27.6 Å². The van der Waals surface area contributed by atoms with Crippen molar-refractivity contribution in [3.05, 3.63) is 53.5 Å². The molecule has 0 spiro atoms. The number of carbonyl (C=O) groups is 1. The molecule has 1 aliphatic heterocycles. The molecule has 6 heteroatoms. The van der Waals surface area contributed by atoms with Gasteiger partial charge in [0, 0.05) is 30.0 Å². The van der Waals surface area contributed by atoms with Crippen molar-refractivity contribution in [1.82, 2.24) is 15.1 Å². The number of nitrogens with zero attached hydrogens (tertiary/aromatic N) is 3. The standard InChI is InChI=1S/C18H18N4OS/c23-18(16-12-13-4-1-2-5-15(13)24-16)22-10-7-14(8-11-22)20-17-6-3-9-19-21-17/h1-6,9,12,14H,7-8,10-11H2,(H,20,21). The maximum Gasteiger partial charge on any atom is 0.263 e. The molecule has 4 rings (SSSR count). The molecule has 122 valence electrons. The first kappa shape index (κ1) is 15.1. The Kier molecular flexibility index (Phi) is 4.13. The van der Waals surface area contributed by atoms with E-state index < -0.39 is 0 Å². The number of amides is 1. The number of hydrogen-bond donors (Lipinski definition) is 1. The molecule has 0 unspecified atom stereocenters. The Morgan fingerprint density at radius 3 is 2.75 bits per heavy atom. The van der Waals surface area contributed by atoms with E-state index in [0.29, 0.717) is 6.04 Å². The van der Waals surface area contributed by atoms with E-state index in [1.54, 1.807) is 17.5 Å². The molecule has 1 aromatic carbocycles. The predicted molar refractivity (Wildman–Crippen MR) is 96.4 cm³/mol. The fraction of sp³-hybridized carbons (Fsp3) is 0.278. The molecule has 0 aliphatic carbocycles. The first-order valence-electron chi connectivity index (χ1n) is 8.12. The highest BCUT2D eigenvalue weighted by Gasteiger charge is 2.24. The topological polar surface area (TPSA) is 58.1 Å². The Balaban J connectivity index is 1.39. The second-order valence-corrected chi connectivity index (χ2v) is 7.05. The summed E-state index contributed by atoms with van der Waals surface area (Å²) in [6.07, 6.45) is 3.51. The molecular formula is C18H18N4OS. The second-order valence-electron chi connectivity index (χ2n) is 5.97. The van der Waals surface area contributed by atoms with Gasteiger partial charge < -0.3 is 10.2 Å². The van der Waals surface area contributed by atoms with Gasteiger partial charge in [0.1, 0.15) is 5.82 Å². The summed E-state index contributed by atoms with van der Waals surface area (Å²) in [6, 6.07) is 14.3. The van der Waals surface area contributed by atoms with Gasteiger partial charge in [0.2, 0.25) is 0 Å². The first-order valence-corrected chi connectivity index (χ1v) is 8.93. The highest BCUT2D eigenvalue weighted by molar-refractivity contribution is 7.20. The summed E-state index contributed by atoms with van der Waals surface area (Å²) >= 11 is 1.58. The number of likely N-dealkylation sites (tertiary alicyclic amines) is 1. The molecule has 24 heavy (non-hydrogen) atoms. The molecule has 0 radical (unpaired) electrons. The van der Waals surface area contributed by atoms with Gasteiger partial charge in [-0.05, 0) is 42.5 Å². The lowest BCUT2D eigenvalue weighted by Crippen LogP contribution is -2.42. The van der Waals surface area contributed by atoms with Gasteiger partial charge in [-0.15, -0.1) is 16.4 Å². The lowest BCUT2D eigenvalue weighted by atomic mass is 10.0. The van der Waals surface area contributed by atoms with Crippen molar-refractivity contribution in [2.75, 3.05) is 18.4 Å². The molecule has 3 heterocycles. The Hall–Kier alpha value is -2.47. The maximum absolute atomic E-state index is 12.7. The fourth-order valence-corrected chi connectivity index (χ4v) is 4.09. The number of rotatable bonds is 3. The van der Waals surface area contributed by atoms with Crippen LogP contribution in [0.5, 0.6) is 0 Å². The Labute approximate surface area is 144 Å². The van der Waals surface area contributed by atoms with E-state index in [1.807, 2.05) is 35.2 Å². The lowest BCUT2D eigenvalue weighted by molar-refractivity contribution is 0.0723. The second kappa shape index (κ2) is 6.57. The van der Waals surface area contributed by atoms with E-state index in [1.165, 1.54) is 4.70 Å². The van der Waals surface area contributed by atoms with Gasteiger partial charge in [0.15, 0.2) is 0 Å². The largest absolute Gasteiger partial charge is 0.366 e. The number of anilines is 1. The highest BCUT2D eigenvalue weighted by atomic mass is 32.1. The molecule has 1 saturated heterocycles. The van der Waals surface area contributed by atoms with Gasteiger partial charge in [-0.1, -0.05) is 18.2 Å². The van der Waals surface area contributed by atoms with Crippen LogP contribution in [0.1, 0.15) is 22.5 Å². The van der Waals surface area contributed by atoms with Gasteiger partial charge in [0.25, 0.3) is 5.91 Å². The zero-order valence-electron chi connectivity index (χ0n) is 13.2. The Morgan fingerprint density at radius 1 is 1.17 bits per heavy atom. The van der Waals surface area contributed by atoms with Gasteiger partial charge in [-0.25, -0.2) is 0 Å². The molecule has 3 aromatic rings. The minimum atomic E-state index is 0.147. The van der Waals surface area contributed by atoms with Crippen molar-refractivity contribution < 1.29 is 4.79 Å². The summed E-state index contributed by atoms with van der Waals surface area (Å²) < 4.78 is 1.17. The van der Waals surface area contributed by atoms with Crippen LogP contribution in [0.15, 0.2) is 48.7 Å². The fourth-order valence-electron chi connectivity index (χ4n) is 3.06. The Morgan fingerprint density at radius 2 is 2.00 bits per heavy atom. The predicted octanol–water partition coefficient (Wildman–Crippen LogP) is 3.41. The summed E-state index contributed by atoms with van der Waals surface area (Å²) in [5.41, 5.74) is 0. The van der Waals surface area contributed by atoms with Crippen molar-refractivity contribution in [3.63, 3.8) is 0 Å². The molecule has 0 saturated carbocycles. The molecule has 1 fully saturated rings. The van der Waals surface area contributed by atoms with E-state index in [-0.39, 0.29) is 5.91 Å². The van der Waals surface area contributed by atoms with E-state index in [4.69, 9.17) is 0 Å². The van der Waals surface area contributed by atoms with Crippen LogP contribution in [-0.4, -0.2) is 40.1 Å². The summed E-state index contributed by atoms with van der Waals surface area (Å²) in [4.78, 5) is 15.5. The van der Waals surface area contributed by atoms with E-state index in [0.717, 1.165) is 42.0 Å². The zero-order chi connectivity index (χ0) is 16.4. The van der Waals surface area contributed by atoms with E-state index in [9.17, 15) is 4.79 Å². The van der Waals surface area contributed by atoms with Gasteiger partial charge in [-0.3, -0.25) is 4.79 Å². The Bertz CT molecular complexity index is 807. The van der Waals surface area contributed by atoms with Gasteiger partial charge >= 0.3 is 0 Å². The molecule has 1 amide bonds. The summed E-state index contributed by atoms with van der Waals surface area (Å²) in [6.45, 7) is 1.54. The molecule has 5 nitrogen and oxygen atoms in total. The summed E-state index contributed by atoms with van der Waals surface area (Å²) in [5.74, 6) is 0.945. The van der Waals surface area contributed by atoms with Crippen LogP contribution in [0.3, 0.4) is 0 Å². The molecule has 2 aromatic heterocycles. The molecular weight excluding hydrogens is 320 g/mol. The van der Waals surface area contributed by atoms with Crippen molar-refractivity contribution in [3.8, 4) is 0 Å². The van der Waals surface area contributed by atoms with Crippen LogP contribution < -0.4 is 5.32 Å². The minimum Gasteiger partial charge on any atom is -0.366 e. The SMILES string of the molecule is O=C(c1cc2ccccc2s1)N1CCC(Nc2cccnn2)CC1. The van der Waals surface area contributed by atoms with Gasteiger partial charge in [0.05, 0.1) is 4.88 Å². The molecule has 0 bridgehead atoms. The third-order valence-electron chi connectivity index (χ3n) is 4.34. The number of fused-ring (bicyclic) bond motifs is 1. The summed E-state index contributed by atoms with van der Waals surface area (Å²) in [5, 5.41) is 12.5. The lowest BCUT2D eigenvalue weighted by Gasteiger charge is -2.32. The highest BCUT2D eigenvalue weighted by Crippen LogP contribution is 2.27. The van der Waals surface area contributed by atoms with Crippen molar-refractivity contribution in [2.24, 2.45) is 0 Å². The third kappa shape index (κ3) is 3.10.